The SMILES string of the molecule is CC1C(=O)NCCN1C(=O)c1cc(F)cc([N+](=O)[O-])c1N. The Morgan fingerprint density at radius 3 is 2.86 bits per heavy atom. The number of nitrogens with zero attached hydrogens (tertiary/aromatic N) is 2. The fraction of sp³-hybridized carbons (Fsp3) is 0.333. The lowest BCUT2D eigenvalue weighted by molar-refractivity contribution is -0.384. The molecule has 1 aliphatic rings. The van der Waals surface area contributed by atoms with Crippen molar-refractivity contribution in [3.8, 4) is 0 Å². The van der Waals surface area contributed by atoms with Crippen LogP contribution in [-0.4, -0.2) is 40.8 Å². The molecule has 1 heterocycles. The van der Waals surface area contributed by atoms with E-state index < -0.39 is 34.1 Å². The van der Waals surface area contributed by atoms with Crippen molar-refractivity contribution < 1.29 is 18.9 Å². The zero-order chi connectivity index (χ0) is 15.7. The van der Waals surface area contributed by atoms with Gasteiger partial charge in [-0.3, -0.25) is 19.7 Å². The van der Waals surface area contributed by atoms with Gasteiger partial charge in [0.15, 0.2) is 0 Å². The van der Waals surface area contributed by atoms with Crippen LogP contribution in [0.15, 0.2) is 12.1 Å². The molecule has 0 spiro atoms. The van der Waals surface area contributed by atoms with Gasteiger partial charge in [0.25, 0.3) is 11.6 Å². The number of nitrogens with two attached hydrogens (primary N) is 1. The number of hydrogen-bond donors (Lipinski definition) is 2. The third-order valence-electron chi connectivity index (χ3n) is 3.31. The Morgan fingerprint density at radius 2 is 2.24 bits per heavy atom. The molecule has 0 aromatic heterocycles. The Kier molecular flexibility index (Phi) is 3.74. The summed E-state index contributed by atoms with van der Waals surface area (Å²) in [5, 5.41) is 13.4. The Bertz CT molecular complexity index is 634. The van der Waals surface area contributed by atoms with Crippen LogP contribution in [0.4, 0.5) is 15.8 Å². The molecule has 1 saturated heterocycles. The van der Waals surface area contributed by atoms with Crippen molar-refractivity contribution >= 4 is 23.2 Å². The number of nitrogen functional groups attached to an aromatic ring is 1. The van der Waals surface area contributed by atoms with Crippen molar-refractivity contribution in [2.24, 2.45) is 0 Å². The number of nitro benzene ring substituents is 1. The summed E-state index contributed by atoms with van der Waals surface area (Å²) in [6.07, 6.45) is 0. The second-order valence-corrected chi connectivity index (χ2v) is 4.61. The van der Waals surface area contributed by atoms with Gasteiger partial charge in [0, 0.05) is 13.1 Å². The molecule has 1 aliphatic heterocycles. The fourth-order valence-electron chi connectivity index (χ4n) is 2.15. The molecule has 1 aromatic carbocycles. The van der Waals surface area contributed by atoms with Crippen molar-refractivity contribution in [3.63, 3.8) is 0 Å². The topological polar surface area (TPSA) is 119 Å². The van der Waals surface area contributed by atoms with E-state index in [2.05, 4.69) is 5.32 Å². The lowest BCUT2D eigenvalue weighted by Crippen LogP contribution is -2.55. The molecule has 2 amide bonds. The zero-order valence-corrected chi connectivity index (χ0v) is 11.1. The average Bonchev–Trinajstić information content (AvgIpc) is 2.43. The number of rotatable bonds is 2. The minimum absolute atomic E-state index is 0.218. The first-order chi connectivity index (χ1) is 9.82. The first-order valence-corrected chi connectivity index (χ1v) is 6.15. The molecule has 1 fully saturated rings. The number of anilines is 1. The summed E-state index contributed by atoms with van der Waals surface area (Å²) >= 11 is 0. The smallest absolute Gasteiger partial charge is 0.295 e. The van der Waals surface area contributed by atoms with E-state index in [-0.39, 0.29) is 24.6 Å². The van der Waals surface area contributed by atoms with E-state index >= 15 is 0 Å². The first kappa shape index (κ1) is 14.7. The largest absolute Gasteiger partial charge is 0.393 e. The van der Waals surface area contributed by atoms with Crippen LogP contribution in [0.25, 0.3) is 0 Å². The molecule has 0 radical (unpaired) electrons. The van der Waals surface area contributed by atoms with Crippen LogP contribution in [-0.2, 0) is 4.79 Å². The van der Waals surface area contributed by atoms with Gasteiger partial charge in [0.2, 0.25) is 5.91 Å². The van der Waals surface area contributed by atoms with Crippen molar-refractivity contribution in [2.45, 2.75) is 13.0 Å². The van der Waals surface area contributed by atoms with Gasteiger partial charge < -0.3 is 16.0 Å². The summed E-state index contributed by atoms with van der Waals surface area (Å²) in [7, 11) is 0. The molecule has 21 heavy (non-hydrogen) atoms. The first-order valence-electron chi connectivity index (χ1n) is 6.15. The van der Waals surface area contributed by atoms with Crippen LogP contribution in [0.5, 0.6) is 0 Å². The van der Waals surface area contributed by atoms with Crippen LogP contribution in [0.3, 0.4) is 0 Å². The summed E-state index contributed by atoms with van der Waals surface area (Å²) in [5.74, 6) is -2.00. The van der Waals surface area contributed by atoms with Gasteiger partial charge in [-0.05, 0) is 13.0 Å². The van der Waals surface area contributed by atoms with Gasteiger partial charge >= 0.3 is 0 Å². The Labute approximate surface area is 118 Å². The van der Waals surface area contributed by atoms with Crippen LogP contribution in [0.2, 0.25) is 0 Å². The minimum atomic E-state index is -0.937. The monoisotopic (exact) mass is 296 g/mol. The van der Waals surface area contributed by atoms with E-state index in [4.69, 9.17) is 5.73 Å². The number of piperazine rings is 1. The number of nitro groups is 1. The van der Waals surface area contributed by atoms with Crippen LogP contribution < -0.4 is 11.1 Å². The van der Waals surface area contributed by atoms with Gasteiger partial charge in [0.1, 0.15) is 17.5 Å². The molecule has 2 rings (SSSR count). The molecule has 1 atom stereocenters. The third-order valence-corrected chi connectivity index (χ3v) is 3.31. The summed E-state index contributed by atoms with van der Waals surface area (Å²) in [6.45, 7) is 1.98. The molecule has 0 saturated carbocycles. The molecule has 3 N–H and O–H groups in total. The van der Waals surface area contributed by atoms with Crippen molar-refractivity contribution in [2.75, 3.05) is 18.8 Å². The van der Waals surface area contributed by atoms with E-state index in [0.29, 0.717) is 6.07 Å². The fourth-order valence-corrected chi connectivity index (χ4v) is 2.15. The summed E-state index contributed by atoms with van der Waals surface area (Å²) in [4.78, 5) is 35.1. The quantitative estimate of drug-likeness (QED) is 0.461. The highest BCUT2D eigenvalue weighted by Crippen LogP contribution is 2.28. The molecule has 112 valence electrons. The maximum atomic E-state index is 13.5. The summed E-state index contributed by atoms with van der Waals surface area (Å²) < 4.78 is 13.5. The highest BCUT2D eigenvalue weighted by atomic mass is 19.1. The molecule has 1 aromatic rings. The van der Waals surface area contributed by atoms with Crippen LogP contribution in [0.1, 0.15) is 17.3 Å². The Hall–Kier alpha value is -2.71. The molecule has 0 aliphatic carbocycles. The molecule has 8 nitrogen and oxygen atoms in total. The maximum absolute atomic E-state index is 13.5. The predicted molar refractivity (Wildman–Crippen MR) is 71.0 cm³/mol. The molecule has 0 bridgehead atoms. The summed E-state index contributed by atoms with van der Waals surface area (Å²) in [6, 6.07) is 0.732. The van der Waals surface area contributed by atoms with E-state index in [1.807, 2.05) is 0 Å². The van der Waals surface area contributed by atoms with Crippen molar-refractivity contribution in [1.29, 1.82) is 0 Å². The second kappa shape index (κ2) is 5.35. The average molecular weight is 296 g/mol. The zero-order valence-electron chi connectivity index (χ0n) is 11.1. The van der Waals surface area contributed by atoms with Gasteiger partial charge in [-0.25, -0.2) is 4.39 Å². The summed E-state index contributed by atoms with van der Waals surface area (Å²) in [5.41, 5.74) is 4.18. The predicted octanol–water partition coefficient (Wildman–Crippen LogP) is 0.277. The van der Waals surface area contributed by atoms with Crippen LogP contribution >= 0.6 is 0 Å². The van der Waals surface area contributed by atoms with Gasteiger partial charge in [-0.1, -0.05) is 0 Å². The number of halogens is 1. The van der Waals surface area contributed by atoms with Crippen molar-refractivity contribution in [3.05, 3.63) is 33.6 Å². The number of nitrogens with one attached hydrogen (secondary N) is 1. The van der Waals surface area contributed by atoms with E-state index in [1.54, 1.807) is 0 Å². The van der Waals surface area contributed by atoms with E-state index in [9.17, 15) is 24.1 Å². The van der Waals surface area contributed by atoms with Crippen molar-refractivity contribution in [1.82, 2.24) is 10.2 Å². The van der Waals surface area contributed by atoms with Crippen LogP contribution in [0, 0.1) is 15.9 Å². The van der Waals surface area contributed by atoms with E-state index in [1.165, 1.54) is 11.8 Å². The number of hydrogen-bond acceptors (Lipinski definition) is 5. The van der Waals surface area contributed by atoms with E-state index in [0.717, 1.165) is 6.07 Å². The molecular weight excluding hydrogens is 283 g/mol. The number of benzene rings is 1. The normalized spacial score (nSPS) is 18.3. The number of amides is 2. The van der Waals surface area contributed by atoms with Gasteiger partial charge in [-0.2, -0.15) is 0 Å². The lowest BCUT2D eigenvalue weighted by Gasteiger charge is -2.33. The number of carbonyl (C=O) groups is 2. The Balaban J connectivity index is 2.44. The highest BCUT2D eigenvalue weighted by Gasteiger charge is 2.32. The standard InChI is InChI=1S/C12H13FN4O4/c1-6-11(18)15-2-3-16(6)12(19)8-4-7(13)5-9(10(8)14)17(20)21/h4-6H,2-3,14H2,1H3,(H,15,18). The Morgan fingerprint density at radius 1 is 1.57 bits per heavy atom. The second-order valence-electron chi connectivity index (χ2n) is 4.61. The van der Waals surface area contributed by atoms with Gasteiger partial charge in [0.05, 0.1) is 16.6 Å². The minimum Gasteiger partial charge on any atom is -0.393 e. The molecular formula is C12H13FN4O4. The molecule has 9 heteroatoms. The maximum Gasteiger partial charge on any atom is 0.295 e. The lowest BCUT2D eigenvalue weighted by atomic mass is 10.1. The van der Waals surface area contributed by atoms with Gasteiger partial charge in [-0.15, -0.1) is 0 Å². The highest BCUT2D eigenvalue weighted by molar-refractivity contribution is 6.03. The number of carbonyl (C=O) groups excluding carboxylic acids is 2. The molecule has 1 unspecified atom stereocenters. The third kappa shape index (κ3) is 2.62.